The van der Waals surface area contributed by atoms with E-state index in [1.54, 1.807) is 0 Å². The highest BCUT2D eigenvalue weighted by atomic mass is 15.1. The van der Waals surface area contributed by atoms with Crippen molar-refractivity contribution in [3.8, 4) is 0 Å². The number of fused-ring (bicyclic) bond motifs is 1. The molecule has 0 unspecified atom stereocenters. The lowest BCUT2D eigenvalue weighted by Crippen LogP contribution is -2.25. The molecule has 0 radical (unpaired) electrons. The fraction of sp³-hybridized carbons (Fsp3) is 0.429. The Morgan fingerprint density at radius 3 is 2.73 bits per heavy atom. The van der Waals surface area contributed by atoms with Gasteiger partial charge in [0.1, 0.15) is 0 Å². The summed E-state index contributed by atoms with van der Waals surface area (Å²) in [5.41, 5.74) is 5.38. The molecule has 0 saturated carbocycles. The molecule has 1 heterocycles. The topological polar surface area (TPSA) is 3.24 Å². The summed E-state index contributed by atoms with van der Waals surface area (Å²) in [6.07, 6.45) is 1.14. The fourth-order valence-corrected chi connectivity index (χ4v) is 2.09. The van der Waals surface area contributed by atoms with E-state index in [1.807, 2.05) is 0 Å². The van der Waals surface area contributed by atoms with E-state index in [0.717, 1.165) is 18.7 Å². The molecule has 80 valence electrons. The van der Waals surface area contributed by atoms with Gasteiger partial charge in [0.05, 0.1) is 0 Å². The van der Waals surface area contributed by atoms with Crippen LogP contribution in [0.15, 0.2) is 24.8 Å². The number of hydrogen-bond donors (Lipinski definition) is 0. The molecule has 1 aromatic carbocycles. The van der Waals surface area contributed by atoms with Crippen molar-refractivity contribution in [1.29, 1.82) is 0 Å². The second-order valence-electron chi connectivity index (χ2n) is 4.69. The molecular formula is C14H19N. The smallest absolute Gasteiger partial charge is 0.0367 e. The number of hydrogen-bond acceptors (Lipinski definition) is 1. The van der Waals surface area contributed by atoms with Crippen molar-refractivity contribution in [1.82, 2.24) is 4.90 Å². The zero-order chi connectivity index (χ0) is 11.0. The Labute approximate surface area is 92.4 Å². The third-order valence-corrected chi connectivity index (χ3v) is 3.28. The molecule has 2 rings (SSSR count). The zero-order valence-electron chi connectivity index (χ0n) is 9.88. The monoisotopic (exact) mass is 201 g/mol. The van der Waals surface area contributed by atoms with E-state index in [9.17, 15) is 0 Å². The van der Waals surface area contributed by atoms with E-state index in [2.05, 4.69) is 50.6 Å². The van der Waals surface area contributed by atoms with E-state index >= 15 is 0 Å². The molecule has 0 amide bonds. The standard InChI is InChI=1S/C14H19N/c1-10(2)12-5-6-14-11(3)15(4)8-7-13(14)9-12/h5-6,9-10H,3,7-8H2,1-2,4H3. The van der Waals surface area contributed by atoms with Crippen molar-refractivity contribution < 1.29 is 0 Å². The van der Waals surface area contributed by atoms with Crippen LogP contribution in [-0.2, 0) is 6.42 Å². The molecule has 15 heavy (non-hydrogen) atoms. The van der Waals surface area contributed by atoms with Gasteiger partial charge in [-0.3, -0.25) is 0 Å². The molecule has 0 aromatic heterocycles. The number of likely N-dealkylation sites (N-methyl/N-ethyl adjacent to an activating group) is 1. The SMILES string of the molecule is C=C1c2ccc(C(C)C)cc2CCN1C. The molecule has 0 bridgehead atoms. The van der Waals surface area contributed by atoms with Crippen molar-refractivity contribution in [3.63, 3.8) is 0 Å². The molecular weight excluding hydrogens is 182 g/mol. The third-order valence-electron chi connectivity index (χ3n) is 3.28. The summed E-state index contributed by atoms with van der Waals surface area (Å²) in [6, 6.07) is 6.80. The second kappa shape index (κ2) is 3.73. The third kappa shape index (κ3) is 1.79. The molecule has 1 aliphatic heterocycles. The summed E-state index contributed by atoms with van der Waals surface area (Å²) in [5, 5.41) is 0. The Balaban J connectivity index is 2.43. The maximum atomic E-state index is 4.14. The average molecular weight is 201 g/mol. The van der Waals surface area contributed by atoms with Gasteiger partial charge in [0.2, 0.25) is 0 Å². The van der Waals surface area contributed by atoms with Gasteiger partial charge in [-0.05, 0) is 23.5 Å². The van der Waals surface area contributed by atoms with E-state index in [4.69, 9.17) is 0 Å². The number of benzene rings is 1. The Hall–Kier alpha value is -1.24. The van der Waals surface area contributed by atoms with Crippen molar-refractivity contribution in [3.05, 3.63) is 41.5 Å². The molecule has 1 aromatic rings. The highest BCUT2D eigenvalue weighted by Crippen LogP contribution is 2.28. The average Bonchev–Trinajstić information content (AvgIpc) is 2.23. The zero-order valence-corrected chi connectivity index (χ0v) is 9.88. The maximum absolute atomic E-state index is 4.14. The molecule has 1 aliphatic rings. The molecule has 0 saturated heterocycles. The van der Waals surface area contributed by atoms with Crippen LogP contribution in [0, 0.1) is 0 Å². The van der Waals surface area contributed by atoms with Gasteiger partial charge >= 0.3 is 0 Å². The summed E-state index contributed by atoms with van der Waals surface area (Å²) in [4.78, 5) is 2.23. The van der Waals surface area contributed by atoms with Crippen LogP contribution in [0.2, 0.25) is 0 Å². The van der Waals surface area contributed by atoms with Crippen LogP contribution in [0.25, 0.3) is 5.70 Å². The van der Waals surface area contributed by atoms with Crippen LogP contribution < -0.4 is 0 Å². The first-order valence-corrected chi connectivity index (χ1v) is 5.63. The minimum Gasteiger partial charge on any atom is -0.374 e. The lowest BCUT2D eigenvalue weighted by atomic mass is 9.92. The van der Waals surface area contributed by atoms with Gasteiger partial charge < -0.3 is 4.90 Å². The highest BCUT2D eigenvalue weighted by Gasteiger charge is 2.16. The van der Waals surface area contributed by atoms with Gasteiger partial charge in [-0.25, -0.2) is 0 Å². The van der Waals surface area contributed by atoms with E-state index in [-0.39, 0.29) is 0 Å². The lowest BCUT2D eigenvalue weighted by molar-refractivity contribution is 0.470. The summed E-state index contributed by atoms with van der Waals surface area (Å²) in [7, 11) is 2.11. The quantitative estimate of drug-likeness (QED) is 0.674. The molecule has 1 nitrogen and oxygen atoms in total. The highest BCUT2D eigenvalue weighted by molar-refractivity contribution is 5.67. The van der Waals surface area contributed by atoms with E-state index < -0.39 is 0 Å². The van der Waals surface area contributed by atoms with Crippen LogP contribution in [0.3, 0.4) is 0 Å². The molecule has 0 atom stereocenters. The largest absolute Gasteiger partial charge is 0.374 e. The lowest BCUT2D eigenvalue weighted by Gasteiger charge is -2.29. The minimum atomic E-state index is 0.614. The van der Waals surface area contributed by atoms with E-state index in [0.29, 0.717) is 5.92 Å². The first-order chi connectivity index (χ1) is 7.09. The summed E-state index contributed by atoms with van der Waals surface area (Å²) in [5.74, 6) is 0.614. The molecule has 1 heteroatoms. The number of nitrogens with zero attached hydrogens (tertiary/aromatic N) is 1. The molecule has 0 spiro atoms. The predicted octanol–water partition coefficient (Wildman–Crippen LogP) is 3.27. The van der Waals surface area contributed by atoms with Crippen LogP contribution in [0.1, 0.15) is 36.5 Å². The van der Waals surface area contributed by atoms with Gasteiger partial charge in [-0.1, -0.05) is 38.6 Å². The van der Waals surface area contributed by atoms with Gasteiger partial charge in [0, 0.05) is 24.9 Å². The fourth-order valence-electron chi connectivity index (χ4n) is 2.09. The van der Waals surface area contributed by atoms with Gasteiger partial charge in [0.25, 0.3) is 0 Å². The predicted molar refractivity (Wildman–Crippen MR) is 65.9 cm³/mol. The Kier molecular flexibility index (Phi) is 2.56. The van der Waals surface area contributed by atoms with Crippen LogP contribution in [-0.4, -0.2) is 18.5 Å². The minimum absolute atomic E-state index is 0.614. The van der Waals surface area contributed by atoms with Crippen molar-refractivity contribution >= 4 is 5.70 Å². The van der Waals surface area contributed by atoms with Gasteiger partial charge in [-0.2, -0.15) is 0 Å². The summed E-state index contributed by atoms with van der Waals surface area (Å²) >= 11 is 0. The van der Waals surface area contributed by atoms with Crippen molar-refractivity contribution in [2.45, 2.75) is 26.2 Å². The van der Waals surface area contributed by atoms with Crippen molar-refractivity contribution in [2.75, 3.05) is 13.6 Å². The van der Waals surface area contributed by atoms with Crippen LogP contribution >= 0.6 is 0 Å². The maximum Gasteiger partial charge on any atom is 0.0367 e. The second-order valence-corrected chi connectivity index (χ2v) is 4.69. The Morgan fingerprint density at radius 2 is 2.07 bits per heavy atom. The normalized spacial score (nSPS) is 15.7. The van der Waals surface area contributed by atoms with E-state index in [1.165, 1.54) is 16.7 Å². The molecule has 0 aliphatic carbocycles. The molecule has 0 N–H and O–H groups in total. The van der Waals surface area contributed by atoms with Crippen LogP contribution in [0.5, 0.6) is 0 Å². The summed E-state index contributed by atoms with van der Waals surface area (Å²) < 4.78 is 0. The molecule has 0 fully saturated rings. The van der Waals surface area contributed by atoms with Gasteiger partial charge in [0.15, 0.2) is 0 Å². The Bertz CT molecular complexity index is 390. The van der Waals surface area contributed by atoms with Crippen LogP contribution in [0.4, 0.5) is 0 Å². The van der Waals surface area contributed by atoms with Crippen molar-refractivity contribution in [2.24, 2.45) is 0 Å². The van der Waals surface area contributed by atoms with Gasteiger partial charge in [-0.15, -0.1) is 0 Å². The summed E-state index contributed by atoms with van der Waals surface area (Å²) in [6.45, 7) is 9.71. The Morgan fingerprint density at radius 1 is 1.33 bits per heavy atom. The first-order valence-electron chi connectivity index (χ1n) is 5.63. The number of rotatable bonds is 1. The first kappa shape index (κ1) is 10.3.